The summed E-state index contributed by atoms with van der Waals surface area (Å²) in [7, 11) is 1.73. The van der Waals surface area contributed by atoms with Crippen molar-refractivity contribution in [2.75, 3.05) is 20.3 Å². The third-order valence-corrected chi connectivity index (χ3v) is 1.75. The molecule has 0 aromatic heterocycles. The van der Waals surface area contributed by atoms with Crippen LogP contribution in [0, 0.1) is 0 Å². The van der Waals surface area contributed by atoms with E-state index in [0.717, 1.165) is 32.4 Å². The third-order valence-electron chi connectivity index (χ3n) is 1.75. The minimum atomic E-state index is 0.755. The first-order valence-electron chi connectivity index (χ1n) is 4.57. The smallest absolute Gasteiger partial charge is 0.207 e. The second-order valence-corrected chi connectivity index (χ2v) is 2.83. The normalized spacial score (nSPS) is 9.75. The van der Waals surface area contributed by atoms with Gasteiger partial charge >= 0.3 is 0 Å². The molecule has 0 heterocycles. The van der Waals surface area contributed by atoms with Gasteiger partial charge in [0.25, 0.3) is 0 Å². The highest BCUT2D eigenvalue weighted by Crippen LogP contribution is 2.01. The Morgan fingerprint density at radius 2 is 1.83 bits per heavy atom. The van der Waals surface area contributed by atoms with Crippen LogP contribution in [0.15, 0.2) is 0 Å². The van der Waals surface area contributed by atoms with Gasteiger partial charge in [-0.05, 0) is 12.8 Å². The fraction of sp³-hybridized carbons (Fsp3) is 0.889. The van der Waals surface area contributed by atoms with E-state index in [1.807, 2.05) is 0 Å². The quantitative estimate of drug-likeness (QED) is 0.422. The van der Waals surface area contributed by atoms with Crippen molar-refractivity contribution >= 4 is 6.41 Å². The monoisotopic (exact) mass is 173 g/mol. The molecule has 0 fully saturated rings. The van der Waals surface area contributed by atoms with E-state index >= 15 is 0 Å². The maximum absolute atomic E-state index is 9.85. The molecule has 12 heavy (non-hydrogen) atoms. The number of hydrogen-bond donors (Lipinski definition) is 1. The SMILES string of the molecule is COCCCCCCCNC=O. The van der Waals surface area contributed by atoms with Crippen molar-refractivity contribution in [3.63, 3.8) is 0 Å². The van der Waals surface area contributed by atoms with Gasteiger partial charge in [-0.2, -0.15) is 0 Å². The Bertz CT molecular complexity index is 96.5. The van der Waals surface area contributed by atoms with Crippen molar-refractivity contribution in [1.82, 2.24) is 5.32 Å². The zero-order chi connectivity index (χ0) is 9.07. The van der Waals surface area contributed by atoms with E-state index in [4.69, 9.17) is 4.74 Å². The molecule has 0 aromatic carbocycles. The van der Waals surface area contributed by atoms with Gasteiger partial charge < -0.3 is 10.1 Å². The molecular weight excluding hydrogens is 154 g/mol. The van der Waals surface area contributed by atoms with Gasteiger partial charge in [-0.25, -0.2) is 0 Å². The van der Waals surface area contributed by atoms with E-state index in [1.54, 1.807) is 7.11 Å². The van der Waals surface area contributed by atoms with E-state index in [1.165, 1.54) is 19.3 Å². The van der Waals surface area contributed by atoms with Crippen LogP contribution in [-0.2, 0) is 9.53 Å². The molecule has 0 saturated carbocycles. The number of amides is 1. The van der Waals surface area contributed by atoms with Crippen molar-refractivity contribution in [3.8, 4) is 0 Å². The standard InChI is InChI=1S/C9H19NO2/c1-12-8-6-4-2-3-5-7-10-9-11/h9H,2-8H2,1H3,(H,10,11). The topological polar surface area (TPSA) is 38.3 Å². The summed E-state index contributed by atoms with van der Waals surface area (Å²) in [6.45, 7) is 1.68. The molecule has 0 radical (unpaired) electrons. The molecule has 72 valence electrons. The molecule has 0 aromatic rings. The molecule has 0 aliphatic rings. The van der Waals surface area contributed by atoms with E-state index in [2.05, 4.69) is 5.32 Å². The lowest BCUT2D eigenvalue weighted by Gasteiger charge is -2.00. The van der Waals surface area contributed by atoms with Crippen molar-refractivity contribution in [1.29, 1.82) is 0 Å². The minimum absolute atomic E-state index is 0.755. The van der Waals surface area contributed by atoms with Crippen LogP contribution in [-0.4, -0.2) is 26.7 Å². The Balaban J connectivity index is 2.77. The molecule has 3 nitrogen and oxygen atoms in total. The fourth-order valence-corrected chi connectivity index (χ4v) is 1.06. The maximum Gasteiger partial charge on any atom is 0.207 e. The molecule has 0 rings (SSSR count). The lowest BCUT2D eigenvalue weighted by molar-refractivity contribution is -0.109. The highest BCUT2D eigenvalue weighted by Gasteiger charge is 1.89. The molecule has 0 spiro atoms. The van der Waals surface area contributed by atoms with Crippen LogP contribution in [0.4, 0.5) is 0 Å². The number of unbranched alkanes of at least 4 members (excludes halogenated alkanes) is 4. The molecule has 0 aliphatic heterocycles. The Kier molecular flexibility index (Phi) is 9.93. The van der Waals surface area contributed by atoms with E-state index < -0.39 is 0 Å². The Labute approximate surface area is 74.5 Å². The molecule has 0 aliphatic carbocycles. The summed E-state index contributed by atoms with van der Waals surface area (Å²) in [5.41, 5.74) is 0. The first kappa shape index (κ1) is 11.4. The summed E-state index contributed by atoms with van der Waals surface area (Å²) in [5.74, 6) is 0. The summed E-state index contributed by atoms with van der Waals surface area (Å²) in [5, 5.41) is 2.65. The molecular formula is C9H19NO2. The zero-order valence-electron chi connectivity index (χ0n) is 7.84. The summed E-state index contributed by atoms with van der Waals surface area (Å²) >= 11 is 0. The van der Waals surface area contributed by atoms with Crippen LogP contribution in [0.5, 0.6) is 0 Å². The molecule has 0 bridgehead atoms. The summed E-state index contributed by atoms with van der Waals surface area (Å²) in [6, 6.07) is 0. The van der Waals surface area contributed by atoms with Crippen LogP contribution < -0.4 is 5.32 Å². The largest absolute Gasteiger partial charge is 0.385 e. The number of rotatable bonds is 9. The van der Waals surface area contributed by atoms with Gasteiger partial charge in [0.15, 0.2) is 0 Å². The number of methoxy groups -OCH3 is 1. The Morgan fingerprint density at radius 1 is 1.17 bits per heavy atom. The number of ether oxygens (including phenoxy) is 1. The molecule has 3 heteroatoms. The predicted octanol–water partition coefficient (Wildman–Crippen LogP) is 1.33. The van der Waals surface area contributed by atoms with Crippen LogP contribution in [0.1, 0.15) is 32.1 Å². The van der Waals surface area contributed by atoms with Gasteiger partial charge in [0.1, 0.15) is 0 Å². The average Bonchev–Trinajstić information content (AvgIpc) is 2.10. The minimum Gasteiger partial charge on any atom is -0.385 e. The maximum atomic E-state index is 9.85. The second-order valence-electron chi connectivity index (χ2n) is 2.83. The van der Waals surface area contributed by atoms with Gasteiger partial charge in [-0.15, -0.1) is 0 Å². The Morgan fingerprint density at radius 3 is 2.50 bits per heavy atom. The van der Waals surface area contributed by atoms with Crippen LogP contribution in [0.2, 0.25) is 0 Å². The summed E-state index contributed by atoms with van der Waals surface area (Å²) in [4.78, 5) is 9.85. The first-order valence-corrected chi connectivity index (χ1v) is 4.57. The number of hydrogen-bond acceptors (Lipinski definition) is 2. The molecule has 1 amide bonds. The highest BCUT2D eigenvalue weighted by atomic mass is 16.5. The lowest BCUT2D eigenvalue weighted by Crippen LogP contribution is -2.11. The second kappa shape index (κ2) is 10.4. The van der Waals surface area contributed by atoms with Gasteiger partial charge in [0, 0.05) is 20.3 Å². The van der Waals surface area contributed by atoms with Crippen LogP contribution >= 0.6 is 0 Å². The van der Waals surface area contributed by atoms with E-state index in [-0.39, 0.29) is 0 Å². The first-order chi connectivity index (χ1) is 5.91. The number of carbonyl (C=O) groups is 1. The van der Waals surface area contributed by atoms with Gasteiger partial charge in [-0.3, -0.25) is 4.79 Å². The van der Waals surface area contributed by atoms with E-state index in [0.29, 0.717) is 0 Å². The van der Waals surface area contributed by atoms with Gasteiger partial charge in [0.2, 0.25) is 6.41 Å². The Hall–Kier alpha value is -0.570. The predicted molar refractivity (Wildman–Crippen MR) is 49.0 cm³/mol. The van der Waals surface area contributed by atoms with Crippen molar-refractivity contribution in [2.45, 2.75) is 32.1 Å². The van der Waals surface area contributed by atoms with Crippen LogP contribution in [0.25, 0.3) is 0 Å². The number of carbonyl (C=O) groups excluding carboxylic acids is 1. The van der Waals surface area contributed by atoms with E-state index in [9.17, 15) is 4.79 Å². The average molecular weight is 173 g/mol. The third kappa shape index (κ3) is 9.43. The van der Waals surface area contributed by atoms with Gasteiger partial charge in [-0.1, -0.05) is 19.3 Å². The molecule has 1 N–H and O–H groups in total. The summed E-state index contributed by atoms with van der Waals surface area (Å²) in [6.07, 6.45) is 6.66. The van der Waals surface area contributed by atoms with Crippen molar-refractivity contribution < 1.29 is 9.53 Å². The zero-order valence-corrected chi connectivity index (χ0v) is 7.84. The molecule has 0 atom stereocenters. The van der Waals surface area contributed by atoms with Crippen molar-refractivity contribution in [2.24, 2.45) is 0 Å². The molecule has 0 saturated heterocycles. The number of nitrogens with one attached hydrogen (secondary N) is 1. The lowest BCUT2D eigenvalue weighted by atomic mass is 10.1. The fourth-order valence-electron chi connectivity index (χ4n) is 1.06. The van der Waals surface area contributed by atoms with Crippen molar-refractivity contribution in [3.05, 3.63) is 0 Å². The van der Waals surface area contributed by atoms with Gasteiger partial charge in [0.05, 0.1) is 0 Å². The van der Waals surface area contributed by atoms with Crippen LogP contribution in [0.3, 0.4) is 0 Å². The summed E-state index contributed by atoms with van der Waals surface area (Å²) < 4.78 is 4.93. The highest BCUT2D eigenvalue weighted by molar-refractivity contribution is 5.45. The molecule has 0 unspecified atom stereocenters.